The van der Waals surface area contributed by atoms with E-state index in [1.54, 1.807) is 0 Å². The number of carbonyl (C=O) groups excluding carboxylic acids is 1. The number of aliphatic hydroxyl groups excluding tert-OH is 3. The van der Waals surface area contributed by atoms with Crippen molar-refractivity contribution in [1.29, 1.82) is 0 Å². The molecule has 8 heteroatoms. The topological polar surface area (TPSA) is 148 Å². The van der Waals surface area contributed by atoms with Crippen LogP contribution in [0.3, 0.4) is 0 Å². The summed E-state index contributed by atoms with van der Waals surface area (Å²) in [5.41, 5.74) is 10.8. The summed E-state index contributed by atoms with van der Waals surface area (Å²) in [7, 11) is 0. The molecule has 0 aromatic carbocycles. The Kier molecular flexibility index (Phi) is 3.24. The molecular formula is C10H16N4O4. The molecule has 1 saturated carbocycles. The average Bonchev–Trinajstić information content (AvgIpc) is 2.82. The molecule has 2 unspecified atom stereocenters. The lowest BCUT2D eigenvalue weighted by Crippen LogP contribution is -2.30. The number of carbonyl (C=O) groups is 1. The van der Waals surface area contributed by atoms with Crippen molar-refractivity contribution in [2.24, 2.45) is 11.7 Å². The summed E-state index contributed by atoms with van der Waals surface area (Å²) in [5, 5.41) is 28.7. The van der Waals surface area contributed by atoms with Crippen molar-refractivity contribution in [3.8, 4) is 0 Å². The number of hydrogen-bond acceptors (Lipinski definition) is 6. The number of primary amides is 1. The van der Waals surface area contributed by atoms with Gasteiger partial charge in [0.05, 0.1) is 18.5 Å². The van der Waals surface area contributed by atoms with Gasteiger partial charge < -0.3 is 31.4 Å². The molecule has 0 aliphatic heterocycles. The van der Waals surface area contributed by atoms with Crippen molar-refractivity contribution in [2.75, 3.05) is 12.3 Å². The zero-order valence-corrected chi connectivity index (χ0v) is 9.60. The van der Waals surface area contributed by atoms with E-state index in [4.69, 9.17) is 16.6 Å². The second-order valence-corrected chi connectivity index (χ2v) is 4.48. The van der Waals surface area contributed by atoms with Gasteiger partial charge in [0.25, 0.3) is 5.91 Å². The summed E-state index contributed by atoms with van der Waals surface area (Å²) in [4.78, 5) is 14.8. The Morgan fingerprint density at radius 1 is 1.50 bits per heavy atom. The summed E-state index contributed by atoms with van der Waals surface area (Å²) >= 11 is 0. The first-order chi connectivity index (χ1) is 8.47. The number of anilines is 1. The molecule has 4 atom stereocenters. The number of aliphatic hydroxyl groups is 3. The second-order valence-electron chi connectivity index (χ2n) is 4.48. The van der Waals surface area contributed by atoms with E-state index in [0.29, 0.717) is 6.42 Å². The molecule has 1 amide bonds. The zero-order valence-electron chi connectivity index (χ0n) is 9.60. The third-order valence-electron chi connectivity index (χ3n) is 3.43. The van der Waals surface area contributed by atoms with E-state index in [2.05, 4.69) is 4.98 Å². The number of rotatable bonds is 3. The van der Waals surface area contributed by atoms with Crippen LogP contribution >= 0.6 is 0 Å². The number of imidazole rings is 1. The monoisotopic (exact) mass is 256 g/mol. The lowest BCUT2D eigenvalue weighted by atomic mass is 10.1. The molecule has 1 aromatic heterocycles. The molecule has 0 bridgehead atoms. The number of aromatic nitrogens is 2. The van der Waals surface area contributed by atoms with Gasteiger partial charge in [-0.1, -0.05) is 0 Å². The summed E-state index contributed by atoms with van der Waals surface area (Å²) in [6, 6.07) is -0.530. The molecule has 1 aliphatic carbocycles. The molecule has 8 nitrogen and oxygen atoms in total. The second kappa shape index (κ2) is 4.56. The molecule has 2 rings (SSSR count). The average molecular weight is 256 g/mol. The summed E-state index contributed by atoms with van der Waals surface area (Å²) < 4.78 is 1.41. The van der Waals surface area contributed by atoms with Gasteiger partial charge in [0, 0.05) is 12.5 Å². The Balaban J connectivity index is 2.30. The van der Waals surface area contributed by atoms with Crippen molar-refractivity contribution >= 4 is 11.7 Å². The lowest BCUT2D eigenvalue weighted by Gasteiger charge is -2.18. The molecule has 0 saturated heterocycles. The van der Waals surface area contributed by atoms with E-state index in [-0.39, 0.29) is 18.1 Å². The van der Waals surface area contributed by atoms with Crippen molar-refractivity contribution in [3.63, 3.8) is 0 Å². The van der Waals surface area contributed by atoms with Crippen LogP contribution in [-0.2, 0) is 0 Å². The van der Waals surface area contributed by atoms with Crippen LogP contribution < -0.4 is 11.5 Å². The highest BCUT2D eigenvalue weighted by molar-refractivity contribution is 5.95. The molecule has 7 N–H and O–H groups in total. The molecule has 1 aromatic rings. The molecule has 0 spiro atoms. The van der Waals surface area contributed by atoms with Crippen LogP contribution in [0.15, 0.2) is 6.33 Å². The fourth-order valence-electron chi connectivity index (χ4n) is 2.38. The normalized spacial score (nSPS) is 31.7. The highest BCUT2D eigenvalue weighted by Gasteiger charge is 2.42. The Hall–Kier alpha value is -1.64. The molecule has 18 heavy (non-hydrogen) atoms. The first-order valence-corrected chi connectivity index (χ1v) is 5.56. The van der Waals surface area contributed by atoms with Gasteiger partial charge in [-0.25, -0.2) is 4.98 Å². The number of nitrogen functional groups attached to an aromatic ring is 1. The lowest BCUT2D eigenvalue weighted by molar-refractivity contribution is -0.00385. The van der Waals surface area contributed by atoms with Gasteiger partial charge >= 0.3 is 0 Å². The van der Waals surface area contributed by atoms with Crippen LogP contribution in [0.1, 0.15) is 23.0 Å². The number of amides is 1. The van der Waals surface area contributed by atoms with Crippen molar-refractivity contribution in [3.05, 3.63) is 12.0 Å². The predicted octanol–water partition coefficient (Wildman–Crippen LogP) is -2.16. The largest absolute Gasteiger partial charge is 0.396 e. The minimum absolute atomic E-state index is 0.0531. The maximum atomic E-state index is 11.0. The van der Waals surface area contributed by atoms with Gasteiger partial charge in [0.2, 0.25) is 0 Å². The Morgan fingerprint density at radius 2 is 2.17 bits per heavy atom. The maximum Gasteiger partial charge on any atom is 0.271 e. The highest BCUT2D eigenvalue weighted by atomic mass is 16.3. The fraction of sp³-hybridized carbons (Fsp3) is 0.600. The van der Waals surface area contributed by atoms with Crippen molar-refractivity contribution in [2.45, 2.75) is 24.7 Å². The molecule has 0 radical (unpaired) electrons. The SMILES string of the molecule is NC(=O)c1ncn([C@@H]2C[C@H](CO)C(O)C2O)c1N. The fourth-order valence-corrected chi connectivity index (χ4v) is 2.38. The summed E-state index contributed by atoms with van der Waals surface area (Å²) in [6.45, 7) is -0.230. The zero-order chi connectivity index (χ0) is 13.4. The van der Waals surface area contributed by atoms with E-state index in [9.17, 15) is 15.0 Å². The molecular weight excluding hydrogens is 240 g/mol. The number of nitrogens with two attached hydrogens (primary N) is 2. The molecule has 1 aliphatic rings. The van der Waals surface area contributed by atoms with Crippen molar-refractivity contribution < 1.29 is 20.1 Å². The number of hydrogen-bond donors (Lipinski definition) is 5. The van der Waals surface area contributed by atoms with Gasteiger partial charge in [-0.05, 0) is 6.42 Å². The maximum absolute atomic E-state index is 11.0. The van der Waals surface area contributed by atoms with E-state index in [1.165, 1.54) is 10.9 Å². The Morgan fingerprint density at radius 3 is 2.61 bits per heavy atom. The van der Waals surface area contributed by atoms with Crippen LogP contribution in [0.2, 0.25) is 0 Å². The van der Waals surface area contributed by atoms with Crippen LogP contribution in [0.25, 0.3) is 0 Å². The standard InChI is InChI=1S/C10H16N4O4/c11-9-6(10(12)18)13-3-14(9)5-1-4(2-15)7(16)8(5)17/h3-5,7-8,15-17H,1-2,11H2,(H2,12,18)/t4-,5-,7?,8?/m1/s1. The van der Waals surface area contributed by atoms with Gasteiger partial charge in [-0.2, -0.15) is 0 Å². The van der Waals surface area contributed by atoms with Crippen LogP contribution in [-0.4, -0.2) is 49.6 Å². The van der Waals surface area contributed by atoms with Gasteiger partial charge in [0.15, 0.2) is 5.69 Å². The van der Waals surface area contributed by atoms with Gasteiger partial charge in [-0.3, -0.25) is 4.79 Å². The highest BCUT2D eigenvalue weighted by Crippen LogP contribution is 2.36. The minimum Gasteiger partial charge on any atom is -0.396 e. The molecule has 100 valence electrons. The quantitative estimate of drug-likeness (QED) is 0.416. The predicted molar refractivity (Wildman–Crippen MR) is 61.4 cm³/mol. The first-order valence-electron chi connectivity index (χ1n) is 5.56. The van der Waals surface area contributed by atoms with Crippen LogP contribution in [0, 0.1) is 5.92 Å². The van der Waals surface area contributed by atoms with E-state index >= 15 is 0 Å². The molecule has 1 heterocycles. The van der Waals surface area contributed by atoms with E-state index < -0.39 is 30.1 Å². The number of nitrogens with zero attached hydrogens (tertiary/aromatic N) is 2. The molecule has 1 fully saturated rings. The minimum atomic E-state index is -1.07. The third-order valence-corrected chi connectivity index (χ3v) is 3.43. The Labute approximate surface area is 103 Å². The summed E-state index contributed by atoms with van der Waals surface area (Å²) in [5.74, 6) is -1.13. The summed E-state index contributed by atoms with van der Waals surface area (Å²) in [6.07, 6.45) is -0.453. The van der Waals surface area contributed by atoms with Crippen LogP contribution in [0.4, 0.5) is 5.82 Å². The van der Waals surface area contributed by atoms with E-state index in [0.717, 1.165) is 0 Å². The van der Waals surface area contributed by atoms with Gasteiger partial charge in [0.1, 0.15) is 11.9 Å². The smallest absolute Gasteiger partial charge is 0.271 e. The van der Waals surface area contributed by atoms with E-state index in [1.807, 2.05) is 0 Å². The Bertz CT molecular complexity index is 461. The van der Waals surface area contributed by atoms with Gasteiger partial charge in [-0.15, -0.1) is 0 Å². The first kappa shape index (κ1) is 12.8. The van der Waals surface area contributed by atoms with Crippen molar-refractivity contribution in [1.82, 2.24) is 9.55 Å². The third kappa shape index (κ3) is 1.84. The van der Waals surface area contributed by atoms with Crippen LogP contribution in [0.5, 0.6) is 0 Å².